The van der Waals surface area contributed by atoms with E-state index >= 15 is 0 Å². The normalized spacial score (nSPS) is 39.5. The van der Waals surface area contributed by atoms with Crippen molar-refractivity contribution in [1.82, 2.24) is 0 Å². The first-order chi connectivity index (χ1) is 28.7. The fraction of sp³-hybridized carbons (Fsp3) is 1.00. The highest BCUT2D eigenvalue weighted by Crippen LogP contribution is 2.59. The van der Waals surface area contributed by atoms with Crippen LogP contribution in [0.25, 0.3) is 0 Å². The Kier molecular flexibility index (Phi) is 18.5. The lowest BCUT2D eigenvalue weighted by molar-refractivity contribution is 0.0203. The summed E-state index contributed by atoms with van der Waals surface area (Å²) in [6.45, 7) is 53.2. The van der Waals surface area contributed by atoms with Crippen LogP contribution in [0, 0.1) is 114 Å². The van der Waals surface area contributed by atoms with E-state index < -0.39 is 0 Å². The van der Waals surface area contributed by atoms with Crippen molar-refractivity contribution in [2.24, 2.45) is 114 Å². The molecule has 0 spiro atoms. The van der Waals surface area contributed by atoms with Crippen LogP contribution >= 0.6 is 0 Å². The molecule has 0 aromatic rings. The van der Waals surface area contributed by atoms with Gasteiger partial charge >= 0.3 is 0 Å². The van der Waals surface area contributed by atoms with Gasteiger partial charge in [0.25, 0.3) is 0 Å². The predicted molar refractivity (Wildman–Crippen MR) is 283 cm³/mol. The minimum atomic E-state index is 0.547. The van der Waals surface area contributed by atoms with Gasteiger partial charge in [0.15, 0.2) is 0 Å². The van der Waals surface area contributed by atoms with Crippen LogP contribution in [-0.2, 0) is 0 Å². The van der Waals surface area contributed by atoms with Crippen molar-refractivity contribution in [3.05, 3.63) is 0 Å². The zero-order valence-corrected chi connectivity index (χ0v) is 47.8. The van der Waals surface area contributed by atoms with E-state index in [0.717, 1.165) is 71.0 Å². The Morgan fingerprint density at radius 2 is 0.825 bits per heavy atom. The van der Waals surface area contributed by atoms with Gasteiger partial charge in [-0.3, -0.25) is 0 Å². The Bertz CT molecular complexity index is 1270. The Labute approximate surface area is 399 Å². The third kappa shape index (κ3) is 15.0. The highest BCUT2D eigenvalue weighted by atomic mass is 14.6. The molecule has 372 valence electrons. The van der Waals surface area contributed by atoms with Crippen molar-refractivity contribution in [3.8, 4) is 0 Å². The zero-order chi connectivity index (χ0) is 47.8. The van der Waals surface area contributed by atoms with Gasteiger partial charge in [0.1, 0.15) is 0 Å². The second-order valence-electron chi connectivity index (χ2n) is 31.4. The van der Waals surface area contributed by atoms with Gasteiger partial charge in [0, 0.05) is 0 Å². The average molecular weight is 878 g/mol. The summed E-state index contributed by atoms with van der Waals surface area (Å²) in [5, 5.41) is 0. The quantitative estimate of drug-likeness (QED) is 0.265. The molecule has 0 heterocycles. The van der Waals surface area contributed by atoms with E-state index in [-0.39, 0.29) is 0 Å². The summed E-state index contributed by atoms with van der Waals surface area (Å²) >= 11 is 0. The summed E-state index contributed by atoms with van der Waals surface area (Å²) in [6, 6.07) is 0. The van der Waals surface area contributed by atoms with Crippen LogP contribution < -0.4 is 0 Å². The molecule has 0 aliphatic heterocycles. The molecule has 0 saturated heterocycles. The van der Waals surface area contributed by atoms with E-state index in [1.165, 1.54) is 103 Å². The molecule has 9 fully saturated rings. The molecule has 6 bridgehead atoms. The minimum absolute atomic E-state index is 0.547. The Morgan fingerprint density at radius 3 is 1.08 bits per heavy atom. The lowest BCUT2D eigenvalue weighted by Gasteiger charge is -2.49. The molecule has 0 amide bonds. The van der Waals surface area contributed by atoms with E-state index in [0.29, 0.717) is 43.3 Å². The summed E-state index contributed by atoms with van der Waals surface area (Å²) in [7, 11) is 0. The van der Waals surface area contributed by atoms with Crippen molar-refractivity contribution >= 4 is 0 Å². The Hall–Kier alpha value is 0. The van der Waals surface area contributed by atoms with Crippen LogP contribution in [0.1, 0.15) is 287 Å². The molecule has 9 rings (SSSR count). The smallest absolute Gasteiger partial charge is 0.0297 e. The van der Waals surface area contributed by atoms with Crippen molar-refractivity contribution in [1.29, 1.82) is 0 Å². The first kappa shape index (κ1) is 55.6. The minimum Gasteiger partial charge on any atom is -0.0651 e. The lowest BCUT2D eigenvalue weighted by atomic mass is 9.56. The first-order valence-corrected chi connectivity index (χ1v) is 28.7. The second kappa shape index (κ2) is 20.9. The summed E-state index contributed by atoms with van der Waals surface area (Å²) in [5.74, 6) is 12.8. The van der Waals surface area contributed by atoms with Gasteiger partial charge in [-0.25, -0.2) is 0 Å². The van der Waals surface area contributed by atoms with Gasteiger partial charge in [0.2, 0.25) is 0 Å². The van der Waals surface area contributed by atoms with Gasteiger partial charge < -0.3 is 0 Å². The summed E-state index contributed by atoms with van der Waals surface area (Å²) in [5.41, 5.74) is 4.67. The highest BCUT2D eigenvalue weighted by Gasteiger charge is 2.50. The summed E-state index contributed by atoms with van der Waals surface area (Å²) in [4.78, 5) is 0. The molecular formula is C63H120. The van der Waals surface area contributed by atoms with Gasteiger partial charge in [0.05, 0.1) is 0 Å². The van der Waals surface area contributed by atoms with Gasteiger partial charge in [-0.1, -0.05) is 178 Å². The molecule has 10 atom stereocenters. The molecule has 0 radical (unpaired) electrons. The van der Waals surface area contributed by atoms with Crippen LogP contribution in [0.3, 0.4) is 0 Å². The highest BCUT2D eigenvalue weighted by molar-refractivity contribution is 5.00. The van der Waals surface area contributed by atoms with Crippen LogP contribution in [0.15, 0.2) is 0 Å². The lowest BCUT2D eigenvalue weighted by Crippen LogP contribution is -2.38. The monoisotopic (exact) mass is 877 g/mol. The Balaban J connectivity index is 0.000000166. The molecule has 0 aromatic heterocycles. The number of hydrogen-bond acceptors (Lipinski definition) is 0. The molecule has 0 nitrogen and oxygen atoms in total. The summed E-state index contributed by atoms with van der Waals surface area (Å²) in [6.07, 6.45) is 30.9. The van der Waals surface area contributed by atoms with Gasteiger partial charge in [-0.15, -0.1) is 0 Å². The first-order valence-electron chi connectivity index (χ1n) is 28.7. The third-order valence-electron chi connectivity index (χ3n) is 21.4. The SMILES string of the molecule is CC1(C)CC(C)(C)CC(C)(C)C1.CC1C2CCC(C2)[C@H]1C.CCC1C(C)(C)CCC1(C)C.CCC1CC(C)(C)CC(C)(C)C1.CCC1CC2CCC1C2.C[C@@H]1C2CCC(C2)C1(C)C. The largest absolute Gasteiger partial charge is 0.0651 e. The molecule has 8 unspecified atom stereocenters. The van der Waals surface area contributed by atoms with E-state index in [9.17, 15) is 0 Å². The van der Waals surface area contributed by atoms with E-state index in [1.807, 2.05) is 0 Å². The van der Waals surface area contributed by atoms with E-state index in [4.69, 9.17) is 0 Å². The van der Waals surface area contributed by atoms with Gasteiger partial charge in [-0.2, -0.15) is 0 Å². The molecule has 0 N–H and O–H groups in total. The molecule has 0 heteroatoms. The molecule has 9 aliphatic rings. The van der Waals surface area contributed by atoms with Crippen molar-refractivity contribution < 1.29 is 0 Å². The Morgan fingerprint density at radius 1 is 0.397 bits per heavy atom. The van der Waals surface area contributed by atoms with Gasteiger partial charge in [-0.05, 0) is 223 Å². The fourth-order valence-corrected chi connectivity index (χ4v) is 19.5. The molecule has 63 heavy (non-hydrogen) atoms. The predicted octanol–water partition coefficient (Wildman–Crippen LogP) is 21.0. The third-order valence-corrected chi connectivity index (χ3v) is 21.4. The van der Waals surface area contributed by atoms with Crippen LogP contribution in [0.4, 0.5) is 0 Å². The molecule has 9 saturated carbocycles. The maximum atomic E-state index is 2.46. The van der Waals surface area contributed by atoms with Crippen LogP contribution in [0.5, 0.6) is 0 Å². The van der Waals surface area contributed by atoms with Crippen molar-refractivity contribution in [3.63, 3.8) is 0 Å². The fourth-order valence-electron chi connectivity index (χ4n) is 19.5. The maximum absolute atomic E-state index is 2.46. The van der Waals surface area contributed by atoms with Crippen LogP contribution in [0.2, 0.25) is 0 Å². The van der Waals surface area contributed by atoms with Crippen molar-refractivity contribution in [2.75, 3.05) is 0 Å². The number of rotatable bonds is 3. The maximum Gasteiger partial charge on any atom is -0.0297 e. The zero-order valence-electron chi connectivity index (χ0n) is 47.8. The number of hydrogen-bond donors (Lipinski definition) is 0. The van der Waals surface area contributed by atoms with Crippen LogP contribution in [-0.4, -0.2) is 0 Å². The molecular weight excluding hydrogens is 757 g/mol. The molecule has 9 aliphatic carbocycles. The van der Waals surface area contributed by atoms with Crippen molar-refractivity contribution in [2.45, 2.75) is 287 Å². The topological polar surface area (TPSA) is 0 Å². The second-order valence-corrected chi connectivity index (χ2v) is 31.4. The van der Waals surface area contributed by atoms with E-state index in [1.54, 1.807) is 32.1 Å². The average Bonchev–Trinajstić information content (AvgIpc) is 4.00. The van der Waals surface area contributed by atoms with E-state index in [2.05, 4.69) is 152 Å². The molecule has 0 aromatic carbocycles. The number of fused-ring (bicyclic) bond motifs is 6. The standard InChI is InChI=1S/2C12H24.C11H22.C10H18.2C9H16/c1-10(2)7-11(3,4)9-12(5,6)8-10;1-6-10-7-11(2,3)9-12(4,5)8-10;1-6-9-10(2,3)7-8-11(9,4)5;1-7-8-4-5-9(6-8)10(7,2)3;1-6-7(2)9-4-3-8(6)5-9;1-2-8-5-7-3-4-9(8)6-7/h7-9H2,1-6H3;10H,6-9H2,1-5H3;9H,6-8H2,1-5H3;7-9H,4-6H2,1-3H3;6-9H,3-5H2,1-2H3;7-9H,2-6H2,1H3/t;;;7-,8?,9?;6-,7?,8?,9?;/m...10./s1. The summed E-state index contributed by atoms with van der Waals surface area (Å²) < 4.78 is 0.